The van der Waals surface area contributed by atoms with Crippen molar-refractivity contribution >= 4 is 34.6 Å². The molecule has 1 aromatic heterocycles. The average Bonchev–Trinajstić information content (AvgIpc) is 2.65. The lowest BCUT2D eigenvalue weighted by Gasteiger charge is -2.16. The summed E-state index contributed by atoms with van der Waals surface area (Å²) in [5, 5.41) is 3.67. The molecule has 0 saturated heterocycles. The fraction of sp³-hybridized carbons (Fsp3) is 0.150. The Morgan fingerprint density at radius 1 is 1.16 bits per heavy atom. The van der Waals surface area contributed by atoms with Gasteiger partial charge in [-0.1, -0.05) is 42.8 Å². The van der Waals surface area contributed by atoms with E-state index in [1.165, 1.54) is 6.08 Å². The summed E-state index contributed by atoms with van der Waals surface area (Å²) in [4.78, 5) is 21.0. The molecule has 0 aliphatic heterocycles. The molecule has 0 aliphatic carbocycles. The number of hydrogen-bond donors (Lipinski definition) is 1. The number of halogens is 1. The predicted molar refractivity (Wildman–Crippen MR) is 101 cm³/mol. The van der Waals surface area contributed by atoms with Gasteiger partial charge in [-0.2, -0.15) is 0 Å². The van der Waals surface area contributed by atoms with Crippen molar-refractivity contribution in [1.82, 2.24) is 15.3 Å². The van der Waals surface area contributed by atoms with E-state index in [9.17, 15) is 4.79 Å². The number of fused-ring (bicyclic) bond motifs is 1. The van der Waals surface area contributed by atoms with Crippen LogP contribution >= 0.6 is 11.6 Å². The number of nitrogens with one attached hydrogen (secondary N) is 1. The summed E-state index contributed by atoms with van der Waals surface area (Å²) in [6, 6.07) is 15.1. The van der Waals surface area contributed by atoms with Gasteiger partial charge < -0.3 is 5.32 Å². The Balaban J connectivity index is 1.69. The monoisotopic (exact) mass is 351 g/mol. The first kappa shape index (κ1) is 17.1. The summed E-state index contributed by atoms with van der Waals surface area (Å²) < 4.78 is 0. The normalized spacial score (nSPS) is 12.4. The average molecular weight is 352 g/mol. The third kappa shape index (κ3) is 4.43. The highest BCUT2D eigenvalue weighted by atomic mass is 35.5. The zero-order valence-corrected chi connectivity index (χ0v) is 14.6. The largest absolute Gasteiger partial charge is 0.346 e. The molecule has 3 aromatic rings. The van der Waals surface area contributed by atoms with E-state index >= 15 is 0 Å². The minimum atomic E-state index is -0.170. The van der Waals surface area contributed by atoms with E-state index < -0.39 is 0 Å². The summed E-state index contributed by atoms with van der Waals surface area (Å²) in [7, 11) is 0. The lowest BCUT2D eigenvalue weighted by molar-refractivity contribution is -0.117. The van der Waals surface area contributed by atoms with Crippen molar-refractivity contribution in [3.63, 3.8) is 0 Å². The Labute approximate surface area is 151 Å². The highest BCUT2D eigenvalue weighted by molar-refractivity contribution is 6.30. The van der Waals surface area contributed by atoms with Gasteiger partial charge in [0.2, 0.25) is 5.91 Å². The molecule has 25 heavy (non-hydrogen) atoms. The van der Waals surface area contributed by atoms with Crippen molar-refractivity contribution in [1.29, 1.82) is 0 Å². The van der Waals surface area contributed by atoms with E-state index in [1.54, 1.807) is 12.3 Å². The zero-order chi connectivity index (χ0) is 17.6. The van der Waals surface area contributed by atoms with Crippen LogP contribution < -0.4 is 5.32 Å². The van der Waals surface area contributed by atoms with E-state index in [2.05, 4.69) is 15.3 Å². The van der Waals surface area contributed by atoms with Gasteiger partial charge in [-0.15, -0.1) is 0 Å². The molecule has 3 rings (SSSR count). The smallest absolute Gasteiger partial charge is 0.244 e. The SMILES string of the molecule is CCC(NC(=O)/C=C/c1cnc2ccccc2n1)c1ccc(Cl)cc1. The molecule has 1 unspecified atom stereocenters. The maximum absolute atomic E-state index is 12.2. The van der Waals surface area contributed by atoms with E-state index in [4.69, 9.17) is 11.6 Å². The molecule has 126 valence electrons. The van der Waals surface area contributed by atoms with Crippen molar-refractivity contribution in [3.8, 4) is 0 Å². The Morgan fingerprint density at radius 3 is 2.60 bits per heavy atom. The molecule has 1 N–H and O–H groups in total. The first-order valence-corrected chi connectivity index (χ1v) is 8.49. The molecular formula is C20H18ClN3O. The maximum Gasteiger partial charge on any atom is 0.244 e. The molecule has 0 fully saturated rings. The minimum absolute atomic E-state index is 0.0582. The number of amides is 1. The van der Waals surface area contributed by atoms with Gasteiger partial charge in [0, 0.05) is 11.1 Å². The summed E-state index contributed by atoms with van der Waals surface area (Å²) in [6.07, 6.45) is 5.60. The van der Waals surface area contributed by atoms with Crippen molar-refractivity contribution in [2.75, 3.05) is 0 Å². The van der Waals surface area contributed by atoms with Gasteiger partial charge in [-0.3, -0.25) is 9.78 Å². The van der Waals surface area contributed by atoms with Crippen LogP contribution in [0.15, 0.2) is 60.8 Å². The number of carbonyl (C=O) groups is 1. The minimum Gasteiger partial charge on any atom is -0.346 e. The quantitative estimate of drug-likeness (QED) is 0.685. The first-order chi connectivity index (χ1) is 12.2. The molecule has 1 amide bonds. The summed E-state index contributed by atoms with van der Waals surface area (Å²) in [5.41, 5.74) is 3.31. The number of nitrogens with zero attached hydrogens (tertiary/aromatic N) is 2. The standard InChI is InChI=1S/C20H18ClN3O/c1-2-17(14-7-9-15(21)10-8-14)24-20(25)12-11-16-13-22-18-5-3-4-6-19(18)23-16/h3-13,17H,2H2,1H3,(H,24,25)/b12-11+. The van der Waals surface area contributed by atoms with Crippen LogP contribution in [0.5, 0.6) is 0 Å². The lowest BCUT2D eigenvalue weighted by Crippen LogP contribution is -2.26. The van der Waals surface area contributed by atoms with E-state index in [0.717, 1.165) is 23.0 Å². The molecule has 1 heterocycles. The molecule has 1 atom stereocenters. The van der Waals surface area contributed by atoms with Crippen LogP contribution in [0.3, 0.4) is 0 Å². The second-order valence-electron chi connectivity index (χ2n) is 5.64. The van der Waals surface area contributed by atoms with Crippen LogP contribution in [0.1, 0.15) is 30.6 Å². The fourth-order valence-electron chi connectivity index (χ4n) is 2.55. The zero-order valence-electron chi connectivity index (χ0n) is 13.8. The van der Waals surface area contributed by atoms with E-state index in [0.29, 0.717) is 10.7 Å². The number of carbonyl (C=O) groups excluding carboxylic acids is 1. The van der Waals surface area contributed by atoms with Gasteiger partial charge in [0.15, 0.2) is 0 Å². The molecule has 0 aliphatic rings. The Bertz CT molecular complexity index is 906. The second-order valence-corrected chi connectivity index (χ2v) is 6.07. The second kappa shape index (κ2) is 7.90. The highest BCUT2D eigenvalue weighted by Crippen LogP contribution is 2.19. The van der Waals surface area contributed by atoms with Crippen LogP contribution in [0.4, 0.5) is 0 Å². The Hall–Kier alpha value is -2.72. The molecular weight excluding hydrogens is 334 g/mol. The molecule has 0 saturated carbocycles. The fourth-order valence-corrected chi connectivity index (χ4v) is 2.67. The van der Waals surface area contributed by atoms with Gasteiger partial charge in [-0.25, -0.2) is 4.98 Å². The maximum atomic E-state index is 12.2. The predicted octanol–water partition coefficient (Wildman–Crippen LogP) is 4.56. The van der Waals surface area contributed by atoms with E-state index in [1.807, 2.05) is 55.5 Å². The van der Waals surface area contributed by atoms with Crippen molar-refractivity contribution in [3.05, 3.63) is 77.1 Å². The number of para-hydroxylation sites is 2. The molecule has 0 spiro atoms. The van der Waals surface area contributed by atoms with Crippen molar-refractivity contribution < 1.29 is 4.79 Å². The van der Waals surface area contributed by atoms with Crippen LogP contribution in [-0.2, 0) is 4.79 Å². The summed E-state index contributed by atoms with van der Waals surface area (Å²) >= 11 is 5.91. The first-order valence-electron chi connectivity index (χ1n) is 8.11. The van der Waals surface area contributed by atoms with Gasteiger partial charge in [0.25, 0.3) is 0 Å². The van der Waals surface area contributed by atoms with Crippen LogP contribution in [0.25, 0.3) is 17.1 Å². The van der Waals surface area contributed by atoms with Gasteiger partial charge >= 0.3 is 0 Å². The van der Waals surface area contributed by atoms with Crippen LogP contribution in [0, 0.1) is 0 Å². The molecule has 2 aromatic carbocycles. The van der Waals surface area contributed by atoms with Crippen LogP contribution in [0.2, 0.25) is 5.02 Å². The summed E-state index contributed by atoms with van der Waals surface area (Å²) in [6.45, 7) is 2.03. The lowest BCUT2D eigenvalue weighted by atomic mass is 10.0. The molecule has 0 bridgehead atoms. The molecule has 4 nitrogen and oxygen atoms in total. The third-order valence-corrected chi connectivity index (χ3v) is 4.12. The van der Waals surface area contributed by atoms with Crippen molar-refractivity contribution in [2.24, 2.45) is 0 Å². The highest BCUT2D eigenvalue weighted by Gasteiger charge is 2.11. The number of hydrogen-bond acceptors (Lipinski definition) is 3. The van der Waals surface area contributed by atoms with Gasteiger partial charge in [0.05, 0.1) is 29.0 Å². The number of benzene rings is 2. The Kier molecular flexibility index (Phi) is 5.41. The van der Waals surface area contributed by atoms with Gasteiger partial charge in [0.1, 0.15) is 0 Å². The molecule has 0 radical (unpaired) electrons. The van der Waals surface area contributed by atoms with E-state index in [-0.39, 0.29) is 11.9 Å². The third-order valence-electron chi connectivity index (χ3n) is 3.87. The Morgan fingerprint density at radius 2 is 1.88 bits per heavy atom. The topological polar surface area (TPSA) is 54.9 Å². The number of rotatable bonds is 5. The summed E-state index contributed by atoms with van der Waals surface area (Å²) in [5.74, 6) is -0.170. The van der Waals surface area contributed by atoms with Crippen molar-refractivity contribution in [2.45, 2.75) is 19.4 Å². The molecule has 5 heteroatoms. The van der Waals surface area contributed by atoms with Gasteiger partial charge in [-0.05, 0) is 42.3 Å². The van der Waals surface area contributed by atoms with Crippen LogP contribution in [-0.4, -0.2) is 15.9 Å². The number of aromatic nitrogens is 2.